The fourth-order valence-electron chi connectivity index (χ4n) is 0.418. The SMILES string of the molecule is [2H]N1C=C(Cl)C(=O)NC1O. The molecule has 1 aliphatic heterocycles. The van der Waals surface area contributed by atoms with Crippen LogP contribution in [-0.4, -0.2) is 17.4 Å². The minimum atomic E-state index is -1.30. The number of hydrogen-bond acceptors (Lipinski definition) is 3. The summed E-state index contributed by atoms with van der Waals surface area (Å²) in [6, 6.07) is 0. The van der Waals surface area contributed by atoms with Crippen LogP contribution in [-0.2, 0) is 4.79 Å². The van der Waals surface area contributed by atoms with Crippen LogP contribution >= 0.6 is 11.6 Å². The second-order valence-electron chi connectivity index (χ2n) is 1.47. The Bertz CT molecular complexity index is 196. The predicted molar refractivity (Wildman–Crippen MR) is 31.2 cm³/mol. The van der Waals surface area contributed by atoms with Gasteiger partial charge in [-0.2, -0.15) is 0 Å². The van der Waals surface area contributed by atoms with Gasteiger partial charge in [-0.1, -0.05) is 11.6 Å². The van der Waals surface area contributed by atoms with Crippen molar-refractivity contribution in [1.29, 1.82) is 0 Å². The maximum absolute atomic E-state index is 10.6. The first-order chi connectivity index (χ1) is 4.61. The molecule has 1 unspecified atom stereocenters. The molecule has 0 aliphatic carbocycles. The van der Waals surface area contributed by atoms with Crippen molar-refractivity contribution >= 4 is 17.5 Å². The second kappa shape index (κ2) is 2.24. The third-order valence-electron chi connectivity index (χ3n) is 0.806. The van der Waals surface area contributed by atoms with E-state index in [1.807, 2.05) is 5.32 Å². The molecule has 1 aliphatic rings. The normalized spacial score (nSPS) is 28.9. The molecule has 4 nitrogen and oxygen atoms in total. The Balaban J connectivity index is 2.79. The zero-order valence-electron chi connectivity index (χ0n) is 5.34. The van der Waals surface area contributed by atoms with Crippen LogP contribution in [0.25, 0.3) is 0 Å². The van der Waals surface area contributed by atoms with Gasteiger partial charge in [0.05, 0.1) is 0 Å². The second-order valence-corrected chi connectivity index (χ2v) is 1.88. The van der Waals surface area contributed by atoms with Crippen LogP contribution in [0.15, 0.2) is 11.2 Å². The number of aliphatic hydroxyl groups is 1. The van der Waals surface area contributed by atoms with Gasteiger partial charge < -0.3 is 15.7 Å². The van der Waals surface area contributed by atoms with Crippen LogP contribution in [0.1, 0.15) is 0 Å². The summed E-state index contributed by atoms with van der Waals surface area (Å²) in [5, 5.41) is 11.3. The molecule has 0 aromatic carbocycles. The summed E-state index contributed by atoms with van der Waals surface area (Å²) in [6.45, 7) is 0. The molecule has 1 amide bonds. The number of nitrogens with one attached hydrogen (secondary N) is 2. The summed E-state index contributed by atoms with van der Waals surface area (Å²) in [5.41, 5.74) is 0. The molecule has 0 aromatic rings. The van der Waals surface area contributed by atoms with Gasteiger partial charge in [-0.3, -0.25) is 4.79 Å². The van der Waals surface area contributed by atoms with Crippen LogP contribution in [0, 0.1) is 0 Å². The van der Waals surface area contributed by atoms with Crippen LogP contribution in [0.4, 0.5) is 0 Å². The number of rotatable bonds is 0. The summed E-state index contributed by atoms with van der Waals surface area (Å²) in [4.78, 5) is 10.6. The number of amides is 1. The zero-order valence-corrected chi connectivity index (χ0v) is 5.09. The molecule has 0 fully saturated rings. The fraction of sp³-hybridized carbons (Fsp3) is 0.250. The van der Waals surface area contributed by atoms with Crippen molar-refractivity contribution in [2.24, 2.45) is 0 Å². The lowest BCUT2D eigenvalue weighted by atomic mass is 10.5. The highest BCUT2D eigenvalue weighted by atomic mass is 35.5. The Hall–Kier alpha value is -0.740. The topological polar surface area (TPSA) is 61.4 Å². The minimum absolute atomic E-state index is 0.111. The Morgan fingerprint density at radius 2 is 2.67 bits per heavy atom. The van der Waals surface area contributed by atoms with Crippen LogP contribution in [0.2, 0.25) is 1.41 Å². The van der Waals surface area contributed by atoms with E-state index in [9.17, 15) is 4.79 Å². The lowest BCUT2D eigenvalue weighted by Gasteiger charge is -2.16. The molecule has 9 heavy (non-hydrogen) atoms. The van der Waals surface area contributed by atoms with E-state index in [-0.39, 0.29) is 5.03 Å². The van der Waals surface area contributed by atoms with Crippen molar-refractivity contribution in [1.82, 2.24) is 10.6 Å². The van der Waals surface area contributed by atoms with E-state index in [0.717, 1.165) is 6.20 Å². The molecule has 5 heteroatoms. The zero-order chi connectivity index (χ0) is 7.72. The first-order valence-electron chi connectivity index (χ1n) is 2.69. The smallest absolute Gasteiger partial charge is 0.267 e. The predicted octanol–water partition coefficient (Wildman–Crippen LogP) is -0.938. The van der Waals surface area contributed by atoms with Crippen molar-refractivity contribution in [3.05, 3.63) is 11.2 Å². The maximum atomic E-state index is 10.6. The van der Waals surface area contributed by atoms with Gasteiger partial charge in [0.15, 0.2) is 1.41 Å². The highest BCUT2D eigenvalue weighted by molar-refractivity contribution is 6.42. The van der Waals surface area contributed by atoms with Gasteiger partial charge >= 0.3 is 0 Å². The van der Waals surface area contributed by atoms with Gasteiger partial charge in [-0.25, -0.2) is 0 Å². The maximum Gasteiger partial charge on any atom is 0.267 e. The Morgan fingerprint density at radius 3 is 3.22 bits per heavy atom. The Labute approximate surface area is 58.0 Å². The van der Waals surface area contributed by atoms with Crippen molar-refractivity contribution < 1.29 is 11.3 Å². The molecule has 1 heterocycles. The van der Waals surface area contributed by atoms with Crippen LogP contribution in [0.5, 0.6) is 0 Å². The van der Waals surface area contributed by atoms with Crippen molar-refractivity contribution in [3.63, 3.8) is 0 Å². The minimum Gasteiger partial charge on any atom is -0.356 e. The van der Waals surface area contributed by atoms with Crippen LogP contribution in [0.3, 0.4) is 0 Å². The highest BCUT2D eigenvalue weighted by Gasteiger charge is 2.15. The van der Waals surface area contributed by atoms with Gasteiger partial charge in [0.1, 0.15) is 5.03 Å². The van der Waals surface area contributed by atoms with E-state index in [1.165, 1.54) is 0 Å². The lowest BCUT2D eigenvalue weighted by Crippen LogP contribution is -2.46. The molecule has 3 N–H and O–H groups in total. The largest absolute Gasteiger partial charge is 0.356 e. The first-order valence-corrected chi connectivity index (χ1v) is 2.62. The van der Waals surface area contributed by atoms with Crippen molar-refractivity contribution in [3.8, 4) is 0 Å². The van der Waals surface area contributed by atoms with Crippen molar-refractivity contribution in [2.45, 2.75) is 6.35 Å². The Kier molecular flexibility index (Phi) is 1.27. The average Bonchev–Trinajstić information content (AvgIpc) is 1.84. The lowest BCUT2D eigenvalue weighted by molar-refractivity contribution is -0.120. The molecular weight excluding hydrogens is 144 g/mol. The number of carbonyl (C=O) groups excluding carboxylic acids is 1. The molecule has 50 valence electrons. The summed E-state index contributed by atoms with van der Waals surface area (Å²) in [7, 11) is 0. The quantitative estimate of drug-likeness (QED) is 0.417. The molecule has 1 atom stereocenters. The number of aliphatic hydroxyl groups excluding tert-OH is 1. The van der Waals surface area contributed by atoms with Gasteiger partial charge in [0.2, 0.25) is 6.35 Å². The summed E-state index contributed by atoms with van der Waals surface area (Å²) in [6.07, 6.45) is -0.264. The van der Waals surface area contributed by atoms with Gasteiger partial charge in [-0.15, -0.1) is 0 Å². The van der Waals surface area contributed by atoms with Gasteiger partial charge in [-0.05, 0) is 0 Å². The number of carbonyl (C=O) groups is 1. The van der Waals surface area contributed by atoms with Crippen LogP contribution < -0.4 is 10.6 Å². The van der Waals surface area contributed by atoms with E-state index < -0.39 is 12.3 Å². The van der Waals surface area contributed by atoms with E-state index in [0.29, 0.717) is 5.31 Å². The van der Waals surface area contributed by atoms with E-state index in [1.54, 1.807) is 0 Å². The third-order valence-corrected chi connectivity index (χ3v) is 1.08. The first kappa shape index (κ1) is 5.08. The fourth-order valence-corrected chi connectivity index (χ4v) is 0.529. The van der Waals surface area contributed by atoms with E-state index in [2.05, 4.69) is 0 Å². The monoisotopic (exact) mass is 149 g/mol. The molecule has 1 rings (SSSR count). The molecule has 0 spiro atoms. The number of halogens is 1. The highest BCUT2D eigenvalue weighted by Crippen LogP contribution is 2.02. The molecule has 0 radical (unpaired) electrons. The van der Waals surface area contributed by atoms with E-state index in [4.69, 9.17) is 18.1 Å². The summed E-state index contributed by atoms with van der Waals surface area (Å²) < 4.78 is 6.91. The molecular formula is C4H5ClN2O2. The molecule has 0 saturated heterocycles. The molecule has 0 bridgehead atoms. The Morgan fingerprint density at radius 1 is 2.00 bits per heavy atom. The molecule has 0 aromatic heterocycles. The van der Waals surface area contributed by atoms with Crippen molar-refractivity contribution in [2.75, 3.05) is 0 Å². The van der Waals surface area contributed by atoms with E-state index >= 15 is 0 Å². The van der Waals surface area contributed by atoms with Gasteiger partial charge in [0.25, 0.3) is 5.91 Å². The van der Waals surface area contributed by atoms with Gasteiger partial charge in [0, 0.05) is 6.20 Å². The number of hydrogen-bond donors (Lipinski definition) is 3. The average molecular weight is 150 g/mol. The summed E-state index contributed by atoms with van der Waals surface area (Å²) in [5.74, 6) is -0.572. The summed E-state index contributed by atoms with van der Waals surface area (Å²) >= 11 is 5.30. The third kappa shape index (κ3) is 1.34. The standard InChI is InChI=1S/C4H5ClN2O2/c5-2-1-6-4(9)7-3(2)8/h1,4,6,9H,(H,7,8)/i/hD. The molecule has 0 saturated carbocycles.